The largest absolute Gasteiger partial charge is 0.481 e. The van der Waals surface area contributed by atoms with Crippen LogP contribution in [0.3, 0.4) is 0 Å². The Morgan fingerprint density at radius 2 is 2.00 bits per heavy atom. The summed E-state index contributed by atoms with van der Waals surface area (Å²) in [6, 6.07) is 7.12. The maximum absolute atomic E-state index is 11.1. The summed E-state index contributed by atoms with van der Waals surface area (Å²) in [5, 5.41) is 11.6. The number of nitrogens with one attached hydrogen (secondary N) is 1. The van der Waals surface area contributed by atoms with E-state index in [0.717, 1.165) is 17.5 Å². The fraction of sp³-hybridized carbons (Fsp3) is 0.385. The summed E-state index contributed by atoms with van der Waals surface area (Å²) in [5.41, 5.74) is 1.94. The van der Waals surface area contributed by atoms with Crippen molar-refractivity contribution in [2.45, 2.75) is 32.7 Å². The third-order valence-electron chi connectivity index (χ3n) is 2.57. The Morgan fingerprint density at radius 3 is 2.53 bits per heavy atom. The van der Waals surface area contributed by atoms with Gasteiger partial charge in [0.2, 0.25) is 5.91 Å². The molecule has 1 rings (SSSR count). The molecule has 0 bridgehead atoms. The molecule has 17 heavy (non-hydrogen) atoms. The lowest BCUT2D eigenvalue weighted by molar-refractivity contribution is -0.137. The first kappa shape index (κ1) is 13.2. The molecule has 1 aromatic rings. The average Bonchev–Trinajstić information content (AvgIpc) is 2.27. The molecule has 0 aliphatic heterocycles. The standard InChI is InChI=1S/C13H17NO3/c1-3-10-6-4-5-7-11(10)12(8-13(16)17)14-9(2)15/h4-7,12H,3,8H2,1-2H3,(H,14,15)(H,16,17)/t12-/m0/s1. The highest BCUT2D eigenvalue weighted by Crippen LogP contribution is 2.21. The van der Waals surface area contributed by atoms with Crippen molar-refractivity contribution in [3.8, 4) is 0 Å². The fourth-order valence-electron chi connectivity index (χ4n) is 1.85. The lowest BCUT2D eigenvalue weighted by Crippen LogP contribution is -2.28. The summed E-state index contributed by atoms with van der Waals surface area (Å²) >= 11 is 0. The molecule has 0 aliphatic rings. The van der Waals surface area contributed by atoms with Crippen molar-refractivity contribution in [3.63, 3.8) is 0 Å². The van der Waals surface area contributed by atoms with Crippen LogP contribution >= 0.6 is 0 Å². The number of aliphatic carboxylic acids is 1. The van der Waals surface area contributed by atoms with E-state index in [2.05, 4.69) is 5.32 Å². The van der Waals surface area contributed by atoms with Crippen molar-refractivity contribution in [3.05, 3.63) is 35.4 Å². The minimum atomic E-state index is -0.922. The molecule has 0 unspecified atom stereocenters. The number of carboxylic acid groups (broad SMARTS) is 1. The quantitative estimate of drug-likeness (QED) is 0.819. The first-order valence-electron chi connectivity index (χ1n) is 5.61. The van der Waals surface area contributed by atoms with Gasteiger partial charge < -0.3 is 10.4 Å². The Balaban J connectivity index is 3.02. The second-order valence-corrected chi connectivity index (χ2v) is 3.90. The maximum Gasteiger partial charge on any atom is 0.305 e. The molecule has 0 aliphatic carbocycles. The zero-order valence-electron chi connectivity index (χ0n) is 10.1. The van der Waals surface area contributed by atoms with Crippen LogP contribution in [0.4, 0.5) is 0 Å². The van der Waals surface area contributed by atoms with E-state index in [-0.39, 0.29) is 12.3 Å². The lowest BCUT2D eigenvalue weighted by Gasteiger charge is -2.19. The minimum Gasteiger partial charge on any atom is -0.481 e. The topological polar surface area (TPSA) is 66.4 Å². The highest BCUT2D eigenvalue weighted by molar-refractivity contribution is 5.75. The predicted molar refractivity (Wildman–Crippen MR) is 64.6 cm³/mol. The van der Waals surface area contributed by atoms with E-state index < -0.39 is 12.0 Å². The molecule has 0 aromatic heterocycles. The summed E-state index contributed by atoms with van der Waals surface area (Å²) < 4.78 is 0. The van der Waals surface area contributed by atoms with Gasteiger partial charge in [0.1, 0.15) is 0 Å². The van der Waals surface area contributed by atoms with Crippen molar-refractivity contribution in [1.82, 2.24) is 5.32 Å². The SMILES string of the molecule is CCc1ccccc1[C@H](CC(=O)O)NC(C)=O. The van der Waals surface area contributed by atoms with Gasteiger partial charge in [0.15, 0.2) is 0 Å². The van der Waals surface area contributed by atoms with Gasteiger partial charge in [0, 0.05) is 6.92 Å². The molecular formula is C13H17NO3. The second-order valence-electron chi connectivity index (χ2n) is 3.90. The summed E-state index contributed by atoms with van der Waals surface area (Å²) in [5.74, 6) is -1.14. The maximum atomic E-state index is 11.1. The van der Waals surface area contributed by atoms with Gasteiger partial charge in [-0.15, -0.1) is 0 Å². The molecule has 92 valence electrons. The number of amides is 1. The molecule has 1 amide bonds. The van der Waals surface area contributed by atoms with E-state index in [1.807, 2.05) is 31.2 Å². The van der Waals surface area contributed by atoms with E-state index in [1.54, 1.807) is 0 Å². The van der Waals surface area contributed by atoms with Gasteiger partial charge in [0.05, 0.1) is 12.5 Å². The van der Waals surface area contributed by atoms with Crippen molar-refractivity contribution >= 4 is 11.9 Å². The molecule has 0 spiro atoms. The molecule has 1 aromatic carbocycles. The number of aryl methyl sites for hydroxylation is 1. The third kappa shape index (κ3) is 3.90. The van der Waals surface area contributed by atoms with Crippen molar-refractivity contribution in [2.24, 2.45) is 0 Å². The van der Waals surface area contributed by atoms with Gasteiger partial charge in [0.25, 0.3) is 0 Å². The van der Waals surface area contributed by atoms with Gasteiger partial charge in [-0.3, -0.25) is 9.59 Å². The molecule has 4 heteroatoms. The van der Waals surface area contributed by atoms with Crippen molar-refractivity contribution < 1.29 is 14.7 Å². The zero-order valence-corrected chi connectivity index (χ0v) is 10.1. The molecule has 1 atom stereocenters. The fourth-order valence-corrected chi connectivity index (χ4v) is 1.85. The Bertz CT molecular complexity index is 399. The number of hydrogen-bond acceptors (Lipinski definition) is 2. The van der Waals surface area contributed by atoms with E-state index in [0.29, 0.717) is 0 Å². The number of carbonyl (C=O) groups excluding carboxylic acids is 1. The zero-order chi connectivity index (χ0) is 12.8. The van der Waals surface area contributed by atoms with Crippen LogP contribution in [0, 0.1) is 0 Å². The normalized spacial score (nSPS) is 11.9. The van der Waals surface area contributed by atoms with Gasteiger partial charge in [-0.2, -0.15) is 0 Å². The molecule has 0 fully saturated rings. The Hall–Kier alpha value is -1.84. The summed E-state index contributed by atoms with van der Waals surface area (Å²) in [6.45, 7) is 3.40. The molecular weight excluding hydrogens is 218 g/mol. The van der Waals surface area contributed by atoms with Crippen molar-refractivity contribution in [2.75, 3.05) is 0 Å². The highest BCUT2D eigenvalue weighted by atomic mass is 16.4. The van der Waals surface area contributed by atoms with Gasteiger partial charge in [-0.25, -0.2) is 0 Å². The summed E-state index contributed by atoms with van der Waals surface area (Å²) in [7, 11) is 0. The Labute approximate surface area is 101 Å². The van der Waals surface area contributed by atoms with Crippen molar-refractivity contribution in [1.29, 1.82) is 0 Å². The average molecular weight is 235 g/mol. The van der Waals surface area contributed by atoms with E-state index >= 15 is 0 Å². The van der Waals surface area contributed by atoms with Crippen LogP contribution in [-0.2, 0) is 16.0 Å². The number of hydrogen-bond donors (Lipinski definition) is 2. The predicted octanol–water partition coefficient (Wildman–Crippen LogP) is 1.90. The highest BCUT2D eigenvalue weighted by Gasteiger charge is 2.18. The minimum absolute atomic E-state index is 0.101. The molecule has 0 heterocycles. The lowest BCUT2D eigenvalue weighted by atomic mass is 9.96. The molecule has 2 N–H and O–H groups in total. The summed E-state index contributed by atoms with van der Waals surface area (Å²) in [4.78, 5) is 21.9. The molecule has 0 saturated carbocycles. The van der Waals surface area contributed by atoms with E-state index in [9.17, 15) is 9.59 Å². The van der Waals surface area contributed by atoms with Gasteiger partial charge in [-0.05, 0) is 17.5 Å². The van der Waals surface area contributed by atoms with Crippen LogP contribution in [0.2, 0.25) is 0 Å². The first-order valence-corrected chi connectivity index (χ1v) is 5.61. The van der Waals surface area contributed by atoms with E-state index in [1.165, 1.54) is 6.92 Å². The van der Waals surface area contributed by atoms with Gasteiger partial charge >= 0.3 is 5.97 Å². The van der Waals surface area contributed by atoms with Crippen LogP contribution in [0.5, 0.6) is 0 Å². The number of carboxylic acids is 1. The second kappa shape index (κ2) is 6.03. The smallest absolute Gasteiger partial charge is 0.305 e. The van der Waals surface area contributed by atoms with Crippen LogP contribution in [0.1, 0.15) is 37.4 Å². The van der Waals surface area contributed by atoms with Crippen LogP contribution in [-0.4, -0.2) is 17.0 Å². The molecule has 0 saturated heterocycles. The van der Waals surface area contributed by atoms with Gasteiger partial charge in [-0.1, -0.05) is 31.2 Å². The van der Waals surface area contributed by atoms with Crippen LogP contribution < -0.4 is 5.32 Å². The molecule has 4 nitrogen and oxygen atoms in total. The third-order valence-corrected chi connectivity index (χ3v) is 2.57. The first-order chi connectivity index (χ1) is 8.04. The Kier molecular flexibility index (Phi) is 4.69. The monoisotopic (exact) mass is 235 g/mol. The number of carbonyl (C=O) groups is 2. The van der Waals surface area contributed by atoms with E-state index in [4.69, 9.17) is 5.11 Å². The van der Waals surface area contributed by atoms with Crippen LogP contribution in [0.15, 0.2) is 24.3 Å². The molecule has 0 radical (unpaired) electrons. The summed E-state index contributed by atoms with van der Waals surface area (Å²) in [6.07, 6.45) is 0.711. The number of rotatable bonds is 5. The Morgan fingerprint density at radius 1 is 1.35 bits per heavy atom. The number of benzene rings is 1. The van der Waals surface area contributed by atoms with Crippen LogP contribution in [0.25, 0.3) is 0 Å².